The summed E-state index contributed by atoms with van der Waals surface area (Å²) in [4.78, 5) is 23.3. The summed E-state index contributed by atoms with van der Waals surface area (Å²) in [7, 11) is 0. The quantitative estimate of drug-likeness (QED) is 0.555. The lowest BCUT2D eigenvalue weighted by molar-refractivity contribution is 0.942. The molecule has 25 heavy (non-hydrogen) atoms. The monoisotopic (exact) mass is 374 g/mol. The highest BCUT2D eigenvalue weighted by Crippen LogP contribution is 2.11. The fourth-order valence-corrected chi connectivity index (χ4v) is 3.52. The van der Waals surface area contributed by atoms with Gasteiger partial charge in [0.25, 0.3) is 5.56 Å². The molecule has 0 aliphatic rings. The lowest BCUT2D eigenvalue weighted by atomic mass is 10.1. The highest BCUT2D eigenvalue weighted by atomic mass is 32.2. The third kappa shape index (κ3) is 5.64. The average molecular weight is 374 g/mol. The SMILES string of the molecule is O=c1[nH]c(NCCCSCc2cnsn2)ncc1Cc1cccnc1. The van der Waals surface area contributed by atoms with E-state index < -0.39 is 0 Å². The van der Waals surface area contributed by atoms with Gasteiger partial charge in [-0.05, 0) is 23.8 Å². The van der Waals surface area contributed by atoms with E-state index in [0.717, 1.165) is 35.7 Å². The van der Waals surface area contributed by atoms with E-state index in [-0.39, 0.29) is 5.56 Å². The zero-order valence-corrected chi connectivity index (χ0v) is 15.1. The third-order valence-corrected chi connectivity index (χ3v) is 5.00. The molecular formula is C16H18N6OS2. The lowest BCUT2D eigenvalue weighted by Gasteiger charge is -2.06. The Morgan fingerprint density at radius 1 is 1.28 bits per heavy atom. The van der Waals surface area contributed by atoms with E-state index in [9.17, 15) is 4.79 Å². The summed E-state index contributed by atoms with van der Waals surface area (Å²) in [5.74, 6) is 2.40. The van der Waals surface area contributed by atoms with Gasteiger partial charge in [-0.2, -0.15) is 20.5 Å². The Balaban J connectivity index is 1.41. The molecule has 3 aromatic rings. The molecule has 0 aliphatic heterocycles. The summed E-state index contributed by atoms with van der Waals surface area (Å²) in [5, 5.41) is 3.15. The minimum atomic E-state index is -0.119. The first-order chi connectivity index (χ1) is 12.3. The molecule has 3 aromatic heterocycles. The second kappa shape index (κ2) is 9.28. The molecule has 3 rings (SSSR count). The van der Waals surface area contributed by atoms with E-state index >= 15 is 0 Å². The van der Waals surface area contributed by atoms with Crippen LogP contribution in [0.3, 0.4) is 0 Å². The number of nitrogens with zero attached hydrogens (tertiary/aromatic N) is 4. The summed E-state index contributed by atoms with van der Waals surface area (Å²) in [6.45, 7) is 0.757. The maximum absolute atomic E-state index is 12.1. The standard InChI is InChI=1S/C16H18N6OS2/c23-15-13(7-12-3-1-4-17-8-12)9-19-16(21-15)18-5-2-6-24-11-14-10-20-25-22-14/h1,3-4,8-10H,2,5-7,11H2,(H2,18,19,21,23). The Kier molecular flexibility index (Phi) is 6.52. The Bertz CT molecular complexity index is 822. The Morgan fingerprint density at radius 3 is 3.00 bits per heavy atom. The maximum Gasteiger partial charge on any atom is 0.255 e. The van der Waals surface area contributed by atoms with E-state index in [1.165, 1.54) is 11.7 Å². The summed E-state index contributed by atoms with van der Waals surface area (Å²) in [5.41, 5.74) is 2.53. The van der Waals surface area contributed by atoms with E-state index in [4.69, 9.17) is 0 Å². The van der Waals surface area contributed by atoms with E-state index in [0.29, 0.717) is 17.9 Å². The molecule has 0 aliphatic carbocycles. The molecule has 2 N–H and O–H groups in total. The van der Waals surface area contributed by atoms with Gasteiger partial charge in [0.2, 0.25) is 5.95 Å². The smallest absolute Gasteiger partial charge is 0.255 e. The fourth-order valence-electron chi connectivity index (χ4n) is 2.16. The minimum Gasteiger partial charge on any atom is -0.356 e. The fraction of sp³-hybridized carbons (Fsp3) is 0.312. The predicted molar refractivity (Wildman–Crippen MR) is 101 cm³/mol. The van der Waals surface area contributed by atoms with Crippen LogP contribution < -0.4 is 10.9 Å². The van der Waals surface area contributed by atoms with Crippen molar-refractivity contribution in [2.24, 2.45) is 0 Å². The molecule has 0 aromatic carbocycles. The molecule has 0 saturated carbocycles. The van der Waals surface area contributed by atoms with Gasteiger partial charge in [-0.25, -0.2) is 4.98 Å². The largest absolute Gasteiger partial charge is 0.356 e. The average Bonchev–Trinajstić information content (AvgIpc) is 3.14. The Hall–Kier alpha value is -2.26. The van der Waals surface area contributed by atoms with Crippen LogP contribution in [0.15, 0.2) is 41.7 Å². The number of H-pyrrole nitrogens is 1. The first-order valence-corrected chi connectivity index (χ1v) is 9.75. The van der Waals surface area contributed by atoms with Crippen molar-refractivity contribution in [1.29, 1.82) is 0 Å². The van der Waals surface area contributed by atoms with E-state index in [1.807, 2.05) is 23.9 Å². The molecule has 0 fully saturated rings. The van der Waals surface area contributed by atoms with Gasteiger partial charge in [-0.1, -0.05) is 6.07 Å². The molecule has 0 spiro atoms. The van der Waals surface area contributed by atoms with Gasteiger partial charge >= 0.3 is 0 Å². The number of aromatic amines is 1. The van der Waals surface area contributed by atoms with Gasteiger partial charge < -0.3 is 5.32 Å². The van der Waals surface area contributed by atoms with Crippen molar-refractivity contribution in [1.82, 2.24) is 23.7 Å². The maximum atomic E-state index is 12.1. The van der Waals surface area contributed by atoms with Crippen molar-refractivity contribution >= 4 is 29.4 Å². The van der Waals surface area contributed by atoms with Gasteiger partial charge in [0.05, 0.1) is 23.6 Å². The number of thioether (sulfide) groups is 1. The highest BCUT2D eigenvalue weighted by Gasteiger charge is 2.04. The molecule has 9 heteroatoms. The van der Waals surface area contributed by atoms with Crippen LogP contribution in [0.1, 0.15) is 23.2 Å². The van der Waals surface area contributed by atoms with Gasteiger partial charge in [-0.15, -0.1) is 0 Å². The number of hydrogen-bond donors (Lipinski definition) is 2. The van der Waals surface area contributed by atoms with Crippen molar-refractivity contribution in [3.63, 3.8) is 0 Å². The minimum absolute atomic E-state index is 0.119. The number of pyridine rings is 1. The molecule has 0 radical (unpaired) electrons. The Morgan fingerprint density at radius 2 is 2.24 bits per heavy atom. The Labute approximate surface area is 153 Å². The van der Waals surface area contributed by atoms with Crippen LogP contribution in [0, 0.1) is 0 Å². The normalized spacial score (nSPS) is 10.7. The number of anilines is 1. The number of aromatic nitrogens is 5. The van der Waals surface area contributed by atoms with Gasteiger partial charge in [0.15, 0.2) is 0 Å². The molecule has 0 bridgehead atoms. The molecule has 0 unspecified atom stereocenters. The number of nitrogens with one attached hydrogen (secondary N) is 2. The van der Waals surface area contributed by atoms with Crippen LogP contribution in [0.25, 0.3) is 0 Å². The van der Waals surface area contributed by atoms with Crippen molar-refractivity contribution < 1.29 is 0 Å². The highest BCUT2D eigenvalue weighted by molar-refractivity contribution is 7.98. The van der Waals surface area contributed by atoms with Gasteiger partial charge in [0.1, 0.15) is 0 Å². The van der Waals surface area contributed by atoms with Gasteiger partial charge in [0, 0.05) is 42.9 Å². The second-order valence-corrected chi connectivity index (χ2v) is 7.02. The van der Waals surface area contributed by atoms with Crippen molar-refractivity contribution in [2.45, 2.75) is 18.6 Å². The van der Waals surface area contributed by atoms with Crippen LogP contribution in [0.4, 0.5) is 5.95 Å². The molecular weight excluding hydrogens is 356 g/mol. The van der Waals surface area contributed by atoms with Crippen molar-refractivity contribution in [3.05, 3.63) is 64.1 Å². The summed E-state index contributed by atoms with van der Waals surface area (Å²) >= 11 is 3.06. The molecule has 0 amide bonds. The van der Waals surface area contributed by atoms with Gasteiger partial charge in [-0.3, -0.25) is 14.8 Å². The van der Waals surface area contributed by atoms with Crippen LogP contribution in [0.5, 0.6) is 0 Å². The third-order valence-electron chi connectivity index (χ3n) is 3.41. The first-order valence-electron chi connectivity index (χ1n) is 7.86. The molecule has 7 nitrogen and oxygen atoms in total. The van der Waals surface area contributed by atoms with Crippen LogP contribution in [0.2, 0.25) is 0 Å². The zero-order chi connectivity index (χ0) is 17.3. The molecule has 0 saturated heterocycles. The summed E-state index contributed by atoms with van der Waals surface area (Å²) in [6, 6.07) is 3.80. The van der Waals surface area contributed by atoms with Crippen LogP contribution >= 0.6 is 23.5 Å². The topological polar surface area (TPSA) is 96.5 Å². The predicted octanol–water partition coefficient (Wildman–Crippen LogP) is 2.34. The van der Waals surface area contributed by atoms with E-state index in [2.05, 4.69) is 29.0 Å². The van der Waals surface area contributed by atoms with Crippen LogP contribution in [-0.2, 0) is 12.2 Å². The van der Waals surface area contributed by atoms with Crippen LogP contribution in [-0.4, -0.2) is 36.0 Å². The van der Waals surface area contributed by atoms with E-state index in [1.54, 1.807) is 24.8 Å². The molecule has 0 atom stereocenters. The first kappa shape index (κ1) is 17.6. The molecule has 3 heterocycles. The molecule has 130 valence electrons. The lowest BCUT2D eigenvalue weighted by Crippen LogP contribution is -2.17. The number of rotatable bonds is 9. The second-order valence-electron chi connectivity index (χ2n) is 5.36. The summed E-state index contributed by atoms with van der Waals surface area (Å²) in [6.07, 6.45) is 8.40. The zero-order valence-electron chi connectivity index (χ0n) is 13.5. The van der Waals surface area contributed by atoms with Crippen molar-refractivity contribution in [2.75, 3.05) is 17.6 Å². The summed E-state index contributed by atoms with van der Waals surface area (Å²) < 4.78 is 8.15. The number of hydrogen-bond acceptors (Lipinski definition) is 8. The van der Waals surface area contributed by atoms with Crippen molar-refractivity contribution in [3.8, 4) is 0 Å².